The molecule has 3 unspecified atom stereocenters. The lowest BCUT2D eigenvalue weighted by Crippen LogP contribution is -2.20. The van der Waals surface area contributed by atoms with Crippen molar-refractivity contribution in [3.05, 3.63) is 33.3 Å². The van der Waals surface area contributed by atoms with E-state index in [2.05, 4.69) is 22.9 Å². The monoisotopic (exact) mass is 316 g/mol. The standard InChI is InChI=1S/C14H18BrClO/c1-9-3-2-4-10(7-9)14(17)12-8-11(16)5-6-13(12)15/h5-6,8-10,14,17H,2-4,7H2,1H3. The van der Waals surface area contributed by atoms with Crippen molar-refractivity contribution in [1.82, 2.24) is 0 Å². The van der Waals surface area contributed by atoms with Crippen molar-refractivity contribution in [2.45, 2.75) is 38.7 Å². The molecule has 94 valence electrons. The van der Waals surface area contributed by atoms with Gasteiger partial charge in [0.1, 0.15) is 0 Å². The van der Waals surface area contributed by atoms with Gasteiger partial charge in [0.2, 0.25) is 0 Å². The molecular formula is C14H18BrClO. The lowest BCUT2D eigenvalue weighted by molar-refractivity contribution is 0.0709. The predicted molar refractivity (Wildman–Crippen MR) is 75.2 cm³/mol. The molecule has 1 aromatic rings. The van der Waals surface area contributed by atoms with Gasteiger partial charge in [0.15, 0.2) is 0 Å². The fraction of sp³-hybridized carbons (Fsp3) is 0.571. The SMILES string of the molecule is CC1CCCC(C(O)c2cc(Cl)ccc2Br)C1. The Morgan fingerprint density at radius 1 is 1.41 bits per heavy atom. The van der Waals surface area contributed by atoms with Crippen LogP contribution >= 0.6 is 27.5 Å². The lowest BCUT2D eigenvalue weighted by Gasteiger charge is -2.31. The highest BCUT2D eigenvalue weighted by Crippen LogP contribution is 2.39. The zero-order valence-electron chi connectivity index (χ0n) is 10.00. The molecule has 1 saturated carbocycles. The molecule has 0 aliphatic heterocycles. The van der Waals surface area contributed by atoms with Crippen LogP contribution in [0.3, 0.4) is 0 Å². The molecule has 3 heteroatoms. The number of hydrogen-bond acceptors (Lipinski definition) is 1. The molecule has 1 aromatic carbocycles. The fourth-order valence-corrected chi connectivity index (χ4v) is 3.42. The van der Waals surface area contributed by atoms with Crippen LogP contribution in [0.15, 0.2) is 22.7 Å². The third-order valence-corrected chi connectivity index (χ3v) is 4.66. The summed E-state index contributed by atoms with van der Waals surface area (Å²) in [4.78, 5) is 0. The van der Waals surface area contributed by atoms with Crippen LogP contribution in [0.1, 0.15) is 44.3 Å². The van der Waals surface area contributed by atoms with Gasteiger partial charge in [-0.3, -0.25) is 0 Å². The van der Waals surface area contributed by atoms with E-state index in [1.165, 1.54) is 12.8 Å². The molecular weight excluding hydrogens is 300 g/mol. The molecule has 1 aliphatic carbocycles. The van der Waals surface area contributed by atoms with E-state index in [9.17, 15) is 5.11 Å². The Morgan fingerprint density at radius 3 is 2.88 bits per heavy atom. The smallest absolute Gasteiger partial charge is 0.0829 e. The van der Waals surface area contributed by atoms with Gasteiger partial charge >= 0.3 is 0 Å². The summed E-state index contributed by atoms with van der Waals surface area (Å²) in [5, 5.41) is 11.2. The van der Waals surface area contributed by atoms with Gasteiger partial charge in [-0.2, -0.15) is 0 Å². The molecule has 0 aromatic heterocycles. The second kappa shape index (κ2) is 5.73. The van der Waals surface area contributed by atoms with E-state index in [4.69, 9.17) is 11.6 Å². The van der Waals surface area contributed by atoms with E-state index >= 15 is 0 Å². The number of halogens is 2. The maximum absolute atomic E-state index is 10.5. The number of hydrogen-bond donors (Lipinski definition) is 1. The Labute approximate surface area is 116 Å². The van der Waals surface area contributed by atoms with Gasteiger partial charge in [-0.25, -0.2) is 0 Å². The number of aliphatic hydroxyl groups excluding tert-OH is 1. The average molecular weight is 318 g/mol. The van der Waals surface area contributed by atoms with Crippen molar-refractivity contribution in [1.29, 1.82) is 0 Å². The minimum atomic E-state index is -0.397. The average Bonchev–Trinajstić information content (AvgIpc) is 2.31. The van der Waals surface area contributed by atoms with Crippen molar-refractivity contribution in [3.63, 3.8) is 0 Å². The van der Waals surface area contributed by atoms with E-state index in [0.717, 1.165) is 28.8 Å². The van der Waals surface area contributed by atoms with Gasteiger partial charge < -0.3 is 5.11 Å². The zero-order valence-corrected chi connectivity index (χ0v) is 12.3. The summed E-state index contributed by atoms with van der Waals surface area (Å²) in [5.41, 5.74) is 0.927. The molecule has 3 atom stereocenters. The first-order chi connectivity index (χ1) is 8.08. The van der Waals surface area contributed by atoms with E-state index in [0.29, 0.717) is 10.9 Å². The summed E-state index contributed by atoms with van der Waals surface area (Å²) in [5.74, 6) is 1.09. The second-order valence-corrected chi connectivity index (χ2v) is 6.43. The highest BCUT2D eigenvalue weighted by atomic mass is 79.9. The maximum atomic E-state index is 10.5. The van der Waals surface area contributed by atoms with Crippen molar-refractivity contribution in [2.24, 2.45) is 11.8 Å². The highest BCUT2D eigenvalue weighted by molar-refractivity contribution is 9.10. The number of rotatable bonds is 2. The zero-order chi connectivity index (χ0) is 12.4. The molecule has 0 radical (unpaired) electrons. The molecule has 1 aliphatic rings. The van der Waals surface area contributed by atoms with Crippen molar-refractivity contribution in [3.8, 4) is 0 Å². The van der Waals surface area contributed by atoms with Crippen LogP contribution in [0.25, 0.3) is 0 Å². The summed E-state index contributed by atoms with van der Waals surface area (Å²) in [6, 6.07) is 5.62. The van der Waals surface area contributed by atoms with Gasteiger partial charge in [0.25, 0.3) is 0 Å². The maximum Gasteiger partial charge on any atom is 0.0829 e. The normalized spacial score (nSPS) is 26.8. The molecule has 0 amide bonds. The molecule has 0 heterocycles. The third-order valence-electron chi connectivity index (χ3n) is 3.70. The van der Waals surface area contributed by atoms with Crippen molar-refractivity contribution < 1.29 is 5.11 Å². The molecule has 1 fully saturated rings. The predicted octanol–water partition coefficient (Wildman–Crippen LogP) is 4.96. The van der Waals surface area contributed by atoms with Crippen LogP contribution in [0.5, 0.6) is 0 Å². The third kappa shape index (κ3) is 3.24. The summed E-state index contributed by atoms with van der Waals surface area (Å²) in [7, 11) is 0. The molecule has 0 bridgehead atoms. The fourth-order valence-electron chi connectivity index (χ4n) is 2.76. The summed E-state index contributed by atoms with van der Waals surface area (Å²) < 4.78 is 0.952. The number of aliphatic hydroxyl groups is 1. The van der Waals surface area contributed by atoms with Crippen LogP contribution in [0.4, 0.5) is 0 Å². The molecule has 0 spiro atoms. The number of benzene rings is 1. The van der Waals surface area contributed by atoms with Gasteiger partial charge in [-0.1, -0.05) is 47.3 Å². The molecule has 17 heavy (non-hydrogen) atoms. The molecule has 0 saturated heterocycles. The molecule has 1 nitrogen and oxygen atoms in total. The summed E-state index contributed by atoms with van der Waals surface area (Å²) in [6.45, 7) is 2.27. The highest BCUT2D eigenvalue weighted by Gasteiger charge is 2.27. The van der Waals surface area contributed by atoms with Gasteiger partial charge in [-0.15, -0.1) is 0 Å². The van der Waals surface area contributed by atoms with Crippen molar-refractivity contribution in [2.75, 3.05) is 0 Å². The van der Waals surface area contributed by atoms with E-state index in [1.807, 2.05) is 18.2 Å². The van der Waals surface area contributed by atoms with E-state index in [-0.39, 0.29) is 0 Å². The van der Waals surface area contributed by atoms with Crippen molar-refractivity contribution >= 4 is 27.5 Å². The summed E-state index contributed by atoms with van der Waals surface area (Å²) >= 11 is 9.49. The molecule has 2 rings (SSSR count). The van der Waals surface area contributed by atoms with Gasteiger partial charge in [0, 0.05) is 9.50 Å². The first-order valence-corrected chi connectivity index (χ1v) is 7.38. The van der Waals surface area contributed by atoms with E-state index in [1.54, 1.807) is 0 Å². The first-order valence-electron chi connectivity index (χ1n) is 6.21. The second-order valence-electron chi connectivity index (χ2n) is 5.14. The van der Waals surface area contributed by atoms with E-state index < -0.39 is 6.10 Å². The Balaban J connectivity index is 2.18. The summed E-state index contributed by atoms with van der Waals surface area (Å²) in [6.07, 6.45) is 4.34. The first kappa shape index (κ1) is 13.4. The topological polar surface area (TPSA) is 20.2 Å². The quantitative estimate of drug-likeness (QED) is 0.817. The van der Waals surface area contributed by atoms with Crippen LogP contribution < -0.4 is 0 Å². The van der Waals surface area contributed by atoms with Gasteiger partial charge in [-0.05, 0) is 48.4 Å². The minimum absolute atomic E-state index is 0.369. The Kier molecular flexibility index (Phi) is 4.51. The Morgan fingerprint density at radius 2 is 2.18 bits per heavy atom. The van der Waals surface area contributed by atoms with Crippen LogP contribution in [-0.4, -0.2) is 5.11 Å². The Hall–Kier alpha value is -0.0500. The lowest BCUT2D eigenvalue weighted by atomic mass is 9.78. The minimum Gasteiger partial charge on any atom is -0.388 e. The van der Waals surface area contributed by atoms with Gasteiger partial charge in [0.05, 0.1) is 6.10 Å². The molecule has 1 N–H and O–H groups in total. The van der Waals surface area contributed by atoms with Crippen LogP contribution in [0, 0.1) is 11.8 Å². The largest absolute Gasteiger partial charge is 0.388 e. The Bertz CT molecular complexity index is 394. The van der Waals surface area contributed by atoms with Crippen LogP contribution in [0.2, 0.25) is 5.02 Å². The van der Waals surface area contributed by atoms with Crippen LogP contribution in [-0.2, 0) is 0 Å².